The van der Waals surface area contributed by atoms with Crippen molar-refractivity contribution in [2.24, 2.45) is 11.1 Å². The van der Waals surface area contributed by atoms with Crippen LogP contribution in [0.3, 0.4) is 0 Å². The van der Waals surface area contributed by atoms with Gasteiger partial charge in [0.05, 0.1) is 5.54 Å². The van der Waals surface area contributed by atoms with Crippen molar-refractivity contribution in [2.45, 2.75) is 52.0 Å². The van der Waals surface area contributed by atoms with Gasteiger partial charge in [-0.25, -0.2) is 0 Å². The van der Waals surface area contributed by atoms with Crippen LogP contribution in [0.15, 0.2) is 4.52 Å². The second-order valence-corrected chi connectivity index (χ2v) is 5.76. The molecule has 0 unspecified atom stereocenters. The van der Waals surface area contributed by atoms with E-state index in [1.54, 1.807) is 0 Å². The van der Waals surface area contributed by atoms with E-state index >= 15 is 0 Å². The number of hydrogen-bond acceptors (Lipinski definition) is 4. The molecule has 0 saturated heterocycles. The van der Waals surface area contributed by atoms with Crippen LogP contribution in [0.2, 0.25) is 0 Å². The summed E-state index contributed by atoms with van der Waals surface area (Å²) in [4.78, 5) is 4.39. The molecule has 0 atom stereocenters. The predicted octanol–water partition coefficient (Wildman–Crippen LogP) is 2.00. The van der Waals surface area contributed by atoms with E-state index in [0.29, 0.717) is 11.7 Å². The van der Waals surface area contributed by atoms with E-state index < -0.39 is 0 Å². The number of nitrogens with two attached hydrogens (primary N) is 1. The lowest BCUT2D eigenvalue weighted by atomic mass is 9.77. The Labute approximate surface area is 90.2 Å². The first-order valence-corrected chi connectivity index (χ1v) is 5.51. The van der Waals surface area contributed by atoms with Crippen molar-refractivity contribution in [1.29, 1.82) is 0 Å². The summed E-state index contributed by atoms with van der Waals surface area (Å²) in [6.07, 6.45) is 3.92. The molecule has 4 heteroatoms. The Balaban J connectivity index is 2.10. The minimum atomic E-state index is -0.306. The van der Waals surface area contributed by atoms with Gasteiger partial charge in [0.2, 0.25) is 5.89 Å². The standard InChI is InChI=1S/C11H19N3O/c1-10(2,3)7-8-13-9(14-15-8)11(12)5-4-6-11/h4-7,12H2,1-3H3. The third-order valence-corrected chi connectivity index (χ3v) is 2.84. The van der Waals surface area contributed by atoms with Crippen LogP contribution in [-0.4, -0.2) is 10.1 Å². The molecule has 2 rings (SSSR count). The topological polar surface area (TPSA) is 64.9 Å². The summed E-state index contributed by atoms with van der Waals surface area (Å²) in [6, 6.07) is 0. The van der Waals surface area contributed by atoms with Gasteiger partial charge < -0.3 is 10.3 Å². The van der Waals surface area contributed by atoms with E-state index in [4.69, 9.17) is 10.3 Å². The fraction of sp³-hybridized carbons (Fsp3) is 0.818. The summed E-state index contributed by atoms with van der Waals surface area (Å²) < 4.78 is 5.22. The molecule has 0 radical (unpaired) electrons. The highest BCUT2D eigenvalue weighted by molar-refractivity contribution is 5.08. The Bertz CT molecular complexity index is 347. The van der Waals surface area contributed by atoms with Crippen molar-refractivity contribution >= 4 is 0 Å². The largest absolute Gasteiger partial charge is 0.339 e. The third kappa shape index (κ3) is 2.20. The molecule has 0 aliphatic heterocycles. The Hall–Kier alpha value is -0.900. The average Bonchev–Trinajstić information content (AvgIpc) is 2.45. The van der Waals surface area contributed by atoms with Gasteiger partial charge in [-0.05, 0) is 24.7 Å². The van der Waals surface area contributed by atoms with Crippen LogP contribution in [0.4, 0.5) is 0 Å². The molecule has 1 heterocycles. The van der Waals surface area contributed by atoms with E-state index in [9.17, 15) is 0 Å². The summed E-state index contributed by atoms with van der Waals surface area (Å²) in [5.74, 6) is 1.39. The monoisotopic (exact) mass is 209 g/mol. The fourth-order valence-electron chi connectivity index (χ4n) is 1.76. The number of rotatable bonds is 2. The van der Waals surface area contributed by atoms with Crippen molar-refractivity contribution in [3.05, 3.63) is 11.7 Å². The Kier molecular flexibility index (Phi) is 2.34. The van der Waals surface area contributed by atoms with Gasteiger partial charge in [0, 0.05) is 6.42 Å². The van der Waals surface area contributed by atoms with E-state index in [-0.39, 0.29) is 11.0 Å². The SMILES string of the molecule is CC(C)(C)Cc1nc(C2(N)CCC2)no1. The molecule has 4 nitrogen and oxygen atoms in total. The fourth-order valence-corrected chi connectivity index (χ4v) is 1.76. The summed E-state index contributed by atoms with van der Waals surface area (Å²) in [5.41, 5.74) is 5.98. The number of nitrogens with zero attached hydrogens (tertiary/aromatic N) is 2. The van der Waals surface area contributed by atoms with Crippen molar-refractivity contribution in [1.82, 2.24) is 10.1 Å². The van der Waals surface area contributed by atoms with Crippen LogP contribution >= 0.6 is 0 Å². The van der Waals surface area contributed by atoms with E-state index in [0.717, 1.165) is 19.3 Å². The zero-order valence-electron chi connectivity index (χ0n) is 9.71. The maximum atomic E-state index is 6.12. The minimum absolute atomic E-state index is 0.172. The first kappa shape index (κ1) is 10.6. The van der Waals surface area contributed by atoms with Crippen molar-refractivity contribution in [2.75, 3.05) is 0 Å². The van der Waals surface area contributed by atoms with Crippen molar-refractivity contribution < 1.29 is 4.52 Å². The second-order valence-electron chi connectivity index (χ2n) is 5.76. The first-order valence-electron chi connectivity index (χ1n) is 5.51. The summed E-state index contributed by atoms with van der Waals surface area (Å²) in [6.45, 7) is 6.45. The second kappa shape index (κ2) is 3.30. The van der Waals surface area contributed by atoms with Crippen LogP contribution in [0.5, 0.6) is 0 Å². The van der Waals surface area contributed by atoms with Crippen LogP contribution in [-0.2, 0) is 12.0 Å². The van der Waals surface area contributed by atoms with Crippen molar-refractivity contribution in [3.63, 3.8) is 0 Å². The lowest BCUT2D eigenvalue weighted by Crippen LogP contribution is -2.44. The molecule has 84 valence electrons. The van der Waals surface area contributed by atoms with Gasteiger partial charge in [0.25, 0.3) is 0 Å². The van der Waals surface area contributed by atoms with E-state index in [2.05, 4.69) is 30.9 Å². The van der Waals surface area contributed by atoms with Crippen LogP contribution in [0.25, 0.3) is 0 Å². The molecule has 1 saturated carbocycles. The van der Waals surface area contributed by atoms with E-state index in [1.807, 2.05) is 0 Å². The predicted molar refractivity (Wildman–Crippen MR) is 57.2 cm³/mol. The highest BCUT2D eigenvalue weighted by atomic mass is 16.5. The van der Waals surface area contributed by atoms with Crippen LogP contribution in [0, 0.1) is 5.41 Å². The zero-order chi connectivity index (χ0) is 11.1. The normalized spacial score (nSPS) is 20.0. The Morgan fingerprint density at radius 3 is 2.53 bits per heavy atom. The number of hydrogen-bond donors (Lipinski definition) is 1. The van der Waals surface area contributed by atoms with Crippen LogP contribution in [0.1, 0.15) is 51.7 Å². The smallest absolute Gasteiger partial charge is 0.227 e. The highest BCUT2D eigenvalue weighted by Crippen LogP contribution is 2.37. The molecule has 1 aliphatic carbocycles. The molecule has 0 amide bonds. The van der Waals surface area contributed by atoms with Crippen LogP contribution < -0.4 is 5.73 Å². The third-order valence-electron chi connectivity index (χ3n) is 2.84. The molecular weight excluding hydrogens is 190 g/mol. The maximum absolute atomic E-state index is 6.12. The molecule has 0 aromatic carbocycles. The summed E-state index contributed by atoms with van der Waals surface area (Å²) in [7, 11) is 0. The molecule has 0 bridgehead atoms. The quantitative estimate of drug-likeness (QED) is 0.809. The Morgan fingerprint density at radius 1 is 1.40 bits per heavy atom. The Morgan fingerprint density at radius 2 is 2.07 bits per heavy atom. The number of aromatic nitrogens is 2. The minimum Gasteiger partial charge on any atom is -0.339 e. The molecule has 1 aromatic rings. The van der Waals surface area contributed by atoms with Crippen molar-refractivity contribution in [3.8, 4) is 0 Å². The van der Waals surface area contributed by atoms with Gasteiger partial charge in [0.15, 0.2) is 5.82 Å². The maximum Gasteiger partial charge on any atom is 0.227 e. The molecule has 0 spiro atoms. The van der Waals surface area contributed by atoms with Gasteiger partial charge in [-0.15, -0.1) is 0 Å². The summed E-state index contributed by atoms with van der Waals surface area (Å²) >= 11 is 0. The molecular formula is C11H19N3O. The molecule has 15 heavy (non-hydrogen) atoms. The lowest BCUT2D eigenvalue weighted by Gasteiger charge is -2.34. The zero-order valence-corrected chi connectivity index (χ0v) is 9.71. The average molecular weight is 209 g/mol. The first-order chi connectivity index (χ1) is 6.89. The van der Waals surface area contributed by atoms with Gasteiger partial charge >= 0.3 is 0 Å². The highest BCUT2D eigenvalue weighted by Gasteiger charge is 2.39. The van der Waals surface area contributed by atoms with Gasteiger partial charge in [0.1, 0.15) is 0 Å². The molecule has 1 fully saturated rings. The van der Waals surface area contributed by atoms with E-state index in [1.165, 1.54) is 6.42 Å². The molecule has 1 aromatic heterocycles. The van der Waals surface area contributed by atoms with Gasteiger partial charge in [-0.2, -0.15) is 4.98 Å². The lowest BCUT2D eigenvalue weighted by molar-refractivity contribution is 0.228. The summed E-state index contributed by atoms with van der Waals surface area (Å²) in [5, 5.41) is 3.98. The van der Waals surface area contributed by atoms with Gasteiger partial charge in [-0.1, -0.05) is 25.9 Å². The molecule has 1 aliphatic rings. The van der Waals surface area contributed by atoms with Gasteiger partial charge in [-0.3, -0.25) is 0 Å². The molecule has 2 N–H and O–H groups in total.